The molecule has 0 aromatic heterocycles. The lowest BCUT2D eigenvalue weighted by Crippen LogP contribution is -2.15. The normalized spacial score (nSPS) is 13.0. The summed E-state index contributed by atoms with van der Waals surface area (Å²) in [5.74, 6) is 0. The maximum Gasteiger partial charge on any atom is 0.0540 e. The maximum atomic E-state index is 2.43. The molecular weight excluding hydrogens is 579 g/mol. The second-order valence-corrected chi connectivity index (χ2v) is 13.4. The molecule has 0 saturated carbocycles. The molecule has 0 saturated heterocycles. The highest BCUT2D eigenvalue weighted by Gasteiger charge is 2.36. The molecular formula is C47H35N. The first kappa shape index (κ1) is 28.3. The third kappa shape index (κ3) is 4.62. The van der Waals surface area contributed by atoms with E-state index in [9.17, 15) is 0 Å². The minimum absolute atomic E-state index is 0.0818. The van der Waals surface area contributed by atoms with E-state index in [0.717, 1.165) is 17.1 Å². The summed E-state index contributed by atoms with van der Waals surface area (Å²) in [6.07, 6.45) is 0. The Morgan fingerprint density at radius 1 is 0.354 bits per heavy atom. The summed E-state index contributed by atoms with van der Waals surface area (Å²) in [4.78, 5) is 2.43. The Hall–Kier alpha value is -5.92. The van der Waals surface area contributed by atoms with Crippen molar-refractivity contribution in [3.8, 4) is 33.4 Å². The lowest BCUT2D eigenvalue weighted by atomic mass is 9.82. The molecule has 228 valence electrons. The number of rotatable bonds is 5. The van der Waals surface area contributed by atoms with Gasteiger partial charge >= 0.3 is 0 Å². The Balaban J connectivity index is 1.22. The summed E-state index contributed by atoms with van der Waals surface area (Å²) >= 11 is 0. The monoisotopic (exact) mass is 613 g/mol. The van der Waals surface area contributed by atoms with Gasteiger partial charge in [-0.1, -0.05) is 141 Å². The minimum Gasteiger partial charge on any atom is -0.310 e. The van der Waals surface area contributed by atoms with E-state index in [2.05, 4.69) is 195 Å². The number of hydrogen-bond donors (Lipinski definition) is 0. The number of benzene rings is 8. The number of para-hydroxylation sites is 1. The summed E-state index contributed by atoms with van der Waals surface area (Å²) in [5, 5.41) is 5.09. The van der Waals surface area contributed by atoms with Gasteiger partial charge in [-0.05, 0) is 109 Å². The second kappa shape index (κ2) is 11.1. The van der Waals surface area contributed by atoms with Crippen LogP contribution in [0, 0.1) is 0 Å². The van der Waals surface area contributed by atoms with Crippen LogP contribution in [-0.2, 0) is 5.41 Å². The highest BCUT2D eigenvalue weighted by Crippen LogP contribution is 2.52. The van der Waals surface area contributed by atoms with Crippen LogP contribution in [0.3, 0.4) is 0 Å². The minimum atomic E-state index is -0.0818. The van der Waals surface area contributed by atoms with E-state index < -0.39 is 0 Å². The van der Waals surface area contributed by atoms with Crippen molar-refractivity contribution in [1.29, 1.82) is 0 Å². The van der Waals surface area contributed by atoms with E-state index >= 15 is 0 Å². The van der Waals surface area contributed by atoms with Crippen LogP contribution < -0.4 is 4.90 Å². The van der Waals surface area contributed by atoms with Crippen LogP contribution >= 0.6 is 0 Å². The van der Waals surface area contributed by atoms with Crippen molar-refractivity contribution in [2.45, 2.75) is 19.3 Å². The van der Waals surface area contributed by atoms with Gasteiger partial charge in [-0.25, -0.2) is 0 Å². The lowest BCUT2D eigenvalue weighted by molar-refractivity contribution is 0.661. The van der Waals surface area contributed by atoms with E-state index in [1.807, 2.05) is 0 Å². The molecule has 0 bridgehead atoms. The molecule has 0 atom stereocenters. The molecule has 0 radical (unpaired) electrons. The molecule has 0 heterocycles. The van der Waals surface area contributed by atoms with Crippen LogP contribution in [0.5, 0.6) is 0 Å². The van der Waals surface area contributed by atoms with Gasteiger partial charge in [0.1, 0.15) is 0 Å². The maximum absolute atomic E-state index is 2.43. The molecule has 8 aromatic rings. The zero-order valence-electron chi connectivity index (χ0n) is 27.2. The Morgan fingerprint density at radius 2 is 0.938 bits per heavy atom. The molecule has 0 unspecified atom stereocenters. The van der Waals surface area contributed by atoms with Gasteiger partial charge < -0.3 is 4.90 Å². The van der Waals surface area contributed by atoms with Gasteiger partial charge in [0.2, 0.25) is 0 Å². The number of nitrogens with zero attached hydrogens (tertiary/aromatic N) is 1. The number of hydrogen-bond acceptors (Lipinski definition) is 1. The third-order valence-corrected chi connectivity index (χ3v) is 10.2. The SMILES string of the molecule is CC1(C)c2ccc(N(c3ccc(-c4ccc5ccccc5c4)cc3)c3ccccc3-c3ccccc3)cc2-c2cc3ccccc3cc21. The van der Waals surface area contributed by atoms with Gasteiger partial charge in [-0.15, -0.1) is 0 Å². The van der Waals surface area contributed by atoms with Crippen LogP contribution in [0.25, 0.3) is 54.9 Å². The van der Waals surface area contributed by atoms with E-state index in [4.69, 9.17) is 0 Å². The fourth-order valence-electron chi connectivity index (χ4n) is 7.69. The van der Waals surface area contributed by atoms with E-state index in [-0.39, 0.29) is 5.41 Å². The summed E-state index contributed by atoms with van der Waals surface area (Å²) in [7, 11) is 0. The van der Waals surface area contributed by atoms with Crippen LogP contribution in [0.1, 0.15) is 25.0 Å². The second-order valence-electron chi connectivity index (χ2n) is 13.4. The Labute approximate surface area is 282 Å². The van der Waals surface area contributed by atoms with Gasteiger partial charge in [0.25, 0.3) is 0 Å². The Bertz CT molecular complexity index is 2470. The van der Waals surface area contributed by atoms with Gasteiger partial charge in [0, 0.05) is 22.4 Å². The fourth-order valence-corrected chi connectivity index (χ4v) is 7.69. The van der Waals surface area contributed by atoms with Crippen LogP contribution in [0.15, 0.2) is 176 Å². The largest absolute Gasteiger partial charge is 0.310 e. The van der Waals surface area contributed by atoms with Crippen molar-refractivity contribution >= 4 is 38.6 Å². The summed E-state index contributed by atoms with van der Waals surface area (Å²) in [5.41, 5.74) is 13.6. The summed E-state index contributed by atoms with van der Waals surface area (Å²) in [6.45, 7) is 4.72. The Morgan fingerprint density at radius 3 is 1.71 bits per heavy atom. The molecule has 1 aliphatic carbocycles. The van der Waals surface area contributed by atoms with E-state index in [1.54, 1.807) is 0 Å². The number of anilines is 3. The first-order chi connectivity index (χ1) is 23.5. The standard InChI is InChI=1S/C47H35N/c1-47(2)44-27-26-40(31-43(44)42-29-36-16-8-9-17-37(36)30-45(42)47)48(46-19-11-10-18-41(46)34-13-4-3-5-14-34)39-24-22-33(23-25-39)38-21-20-32-12-6-7-15-35(32)28-38/h3-31H,1-2H3. The molecule has 9 rings (SSSR count). The molecule has 1 aliphatic rings. The van der Waals surface area contributed by atoms with Crippen LogP contribution in [0.2, 0.25) is 0 Å². The third-order valence-electron chi connectivity index (χ3n) is 10.2. The first-order valence-electron chi connectivity index (χ1n) is 16.8. The number of fused-ring (bicyclic) bond motifs is 5. The van der Waals surface area contributed by atoms with Crippen molar-refractivity contribution in [1.82, 2.24) is 0 Å². The molecule has 1 nitrogen and oxygen atoms in total. The molecule has 48 heavy (non-hydrogen) atoms. The fraction of sp³-hybridized carbons (Fsp3) is 0.0638. The molecule has 0 amide bonds. The summed E-state index contributed by atoms with van der Waals surface area (Å²) in [6, 6.07) is 64.4. The summed E-state index contributed by atoms with van der Waals surface area (Å²) < 4.78 is 0. The van der Waals surface area contributed by atoms with Crippen LogP contribution in [-0.4, -0.2) is 0 Å². The molecule has 8 aromatic carbocycles. The first-order valence-corrected chi connectivity index (χ1v) is 16.8. The van der Waals surface area contributed by atoms with Crippen molar-refractivity contribution < 1.29 is 0 Å². The molecule has 0 N–H and O–H groups in total. The average Bonchev–Trinajstić information content (AvgIpc) is 3.36. The highest BCUT2D eigenvalue weighted by atomic mass is 15.1. The van der Waals surface area contributed by atoms with Gasteiger partial charge in [-0.2, -0.15) is 0 Å². The van der Waals surface area contributed by atoms with Crippen molar-refractivity contribution in [2.75, 3.05) is 4.90 Å². The van der Waals surface area contributed by atoms with E-state index in [0.29, 0.717) is 0 Å². The van der Waals surface area contributed by atoms with Gasteiger partial charge in [0.05, 0.1) is 5.69 Å². The predicted molar refractivity (Wildman–Crippen MR) is 205 cm³/mol. The predicted octanol–water partition coefficient (Wildman–Crippen LogP) is 13.1. The Kier molecular flexibility index (Phi) is 6.55. The lowest BCUT2D eigenvalue weighted by Gasteiger charge is -2.29. The molecule has 0 fully saturated rings. The van der Waals surface area contributed by atoms with Gasteiger partial charge in [0.15, 0.2) is 0 Å². The van der Waals surface area contributed by atoms with E-state index in [1.165, 1.54) is 66.1 Å². The quantitative estimate of drug-likeness (QED) is 0.187. The van der Waals surface area contributed by atoms with Gasteiger partial charge in [-0.3, -0.25) is 0 Å². The average molecular weight is 614 g/mol. The van der Waals surface area contributed by atoms with Crippen LogP contribution in [0.4, 0.5) is 17.1 Å². The molecule has 0 aliphatic heterocycles. The topological polar surface area (TPSA) is 3.24 Å². The van der Waals surface area contributed by atoms with Crippen molar-refractivity contribution in [2.24, 2.45) is 0 Å². The molecule has 0 spiro atoms. The zero-order chi connectivity index (χ0) is 32.2. The van der Waals surface area contributed by atoms with Crippen molar-refractivity contribution in [3.63, 3.8) is 0 Å². The zero-order valence-corrected chi connectivity index (χ0v) is 27.2. The van der Waals surface area contributed by atoms with Crippen molar-refractivity contribution in [3.05, 3.63) is 187 Å². The molecule has 1 heteroatoms. The smallest absolute Gasteiger partial charge is 0.0540 e. The highest BCUT2D eigenvalue weighted by molar-refractivity contribution is 5.96.